The van der Waals surface area contributed by atoms with E-state index in [9.17, 15) is 0 Å². The SMILES string of the molecule is CCN(CC)CCN1Cc2ccccc2C1=N.[Br-]. The van der Waals surface area contributed by atoms with Gasteiger partial charge in [-0.25, -0.2) is 0 Å². The first-order valence-electron chi connectivity index (χ1n) is 6.40. The maximum atomic E-state index is 8.15. The third-order valence-corrected chi connectivity index (χ3v) is 3.53. The first-order chi connectivity index (χ1) is 8.26. The maximum absolute atomic E-state index is 8.15. The lowest BCUT2D eigenvalue weighted by Gasteiger charge is -2.23. The summed E-state index contributed by atoms with van der Waals surface area (Å²) in [5.41, 5.74) is 2.39. The number of hydrogen-bond acceptors (Lipinski definition) is 2. The molecule has 0 unspecified atom stereocenters. The van der Waals surface area contributed by atoms with Gasteiger partial charge in [0.15, 0.2) is 0 Å². The second-order valence-electron chi connectivity index (χ2n) is 4.45. The Hall–Kier alpha value is -0.870. The third-order valence-electron chi connectivity index (χ3n) is 3.53. The van der Waals surface area contributed by atoms with E-state index in [1.54, 1.807) is 0 Å². The standard InChI is InChI=1S/C14H21N3.BrH/c1-3-16(4-2)9-10-17-11-12-7-5-6-8-13(12)14(17)15;/h5-8,15H,3-4,9-11H2,1-2H3;1H/p-1. The van der Waals surface area contributed by atoms with Gasteiger partial charge in [-0.3, -0.25) is 5.41 Å². The van der Waals surface area contributed by atoms with Gasteiger partial charge < -0.3 is 26.8 Å². The topological polar surface area (TPSA) is 30.3 Å². The van der Waals surface area contributed by atoms with Crippen molar-refractivity contribution < 1.29 is 17.0 Å². The predicted octanol–water partition coefficient (Wildman–Crippen LogP) is -0.827. The van der Waals surface area contributed by atoms with Crippen LogP contribution >= 0.6 is 0 Å². The number of benzene rings is 1. The molecule has 3 nitrogen and oxygen atoms in total. The number of fused-ring (bicyclic) bond motifs is 1. The van der Waals surface area contributed by atoms with Gasteiger partial charge in [0.2, 0.25) is 0 Å². The van der Waals surface area contributed by atoms with E-state index in [2.05, 4.69) is 41.8 Å². The Morgan fingerprint density at radius 3 is 2.50 bits per heavy atom. The first-order valence-corrected chi connectivity index (χ1v) is 6.40. The molecular weight excluding hydrogens is 290 g/mol. The smallest absolute Gasteiger partial charge is 0.128 e. The molecule has 18 heavy (non-hydrogen) atoms. The Morgan fingerprint density at radius 1 is 1.22 bits per heavy atom. The number of rotatable bonds is 5. The molecule has 1 aromatic rings. The molecule has 0 bridgehead atoms. The van der Waals surface area contributed by atoms with Crippen LogP contribution in [0.3, 0.4) is 0 Å². The summed E-state index contributed by atoms with van der Waals surface area (Å²) in [5.74, 6) is 0.688. The van der Waals surface area contributed by atoms with E-state index in [1.807, 2.05) is 6.07 Å². The van der Waals surface area contributed by atoms with E-state index in [0.717, 1.165) is 38.3 Å². The normalized spacial score (nSPS) is 13.7. The lowest BCUT2D eigenvalue weighted by atomic mass is 10.1. The average molecular weight is 311 g/mol. The summed E-state index contributed by atoms with van der Waals surface area (Å²) in [6, 6.07) is 8.25. The van der Waals surface area contributed by atoms with Crippen LogP contribution in [0.4, 0.5) is 0 Å². The van der Waals surface area contributed by atoms with Crippen molar-refractivity contribution in [2.45, 2.75) is 20.4 Å². The monoisotopic (exact) mass is 310 g/mol. The van der Waals surface area contributed by atoms with E-state index in [1.165, 1.54) is 5.56 Å². The number of nitrogens with one attached hydrogen (secondary N) is 1. The zero-order chi connectivity index (χ0) is 12.3. The number of nitrogens with zero attached hydrogens (tertiary/aromatic N) is 2. The molecule has 1 aromatic carbocycles. The van der Waals surface area contributed by atoms with Gasteiger partial charge in [-0.05, 0) is 18.7 Å². The highest BCUT2D eigenvalue weighted by molar-refractivity contribution is 6.00. The molecule has 4 heteroatoms. The van der Waals surface area contributed by atoms with E-state index >= 15 is 0 Å². The second-order valence-corrected chi connectivity index (χ2v) is 4.45. The van der Waals surface area contributed by atoms with Gasteiger partial charge in [0.05, 0.1) is 0 Å². The summed E-state index contributed by atoms with van der Waals surface area (Å²) in [7, 11) is 0. The fourth-order valence-corrected chi connectivity index (χ4v) is 2.34. The van der Waals surface area contributed by atoms with E-state index in [0.29, 0.717) is 5.84 Å². The Kier molecular flexibility index (Phi) is 5.82. The summed E-state index contributed by atoms with van der Waals surface area (Å²) in [5, 5.41) is 8.15. The van der Waals surface area contributed by atoms with Crippen molar-refractivity contribution in [2.75, 3.05) is 26.2 Å². The van der Waals surface area contributed by atoms with Crippen LogP contribution in [0, 0.1) is 5.41 Å². The van der Waals surface area contributed by atoms with E-state index in [-0.39, 0.29) is 17.0 Å². The summed E-state index contributed by atoms with van der Waals surface area (Å²) in [6.45, 7) is 9.45. The highest BCUT2D eigenvalue weighted by Crippen LogP contribution is 2.21. The number of amidine groups is 1. The van der Waals surface area contributed by atoms with E-state index < -0.39 is 0 Å². The van der Waals surface area contributed by atoms with Gasteiger partial charge in [0.1, 0.15) is 5.84 Å². The van der Waals surface area contributed by atoms with Gasteiger partial charge in [0, 0.05) is 25.2 Å². The highest BCUT2D eigenvalue weighted by Gasteiger charge is 2.23. The molecule has 0 saturated carbocycles. The van der Waals surface area contributed by atoms with Gasteiger partial charge in [-0.1, -0.05) is 38.1 Å². The molecular formula is C14H21BrN3-. The fraction of sp³-hybridized carbons (Fsp3) is 0.500. The minimum absolute atomic E-state index is 0. The summed E-state index contributed by atoms with van der Waals surface area (Å²) >= 11 is 0. The van der Waals surface area contributed by atoms with Crippen LogP contribution < -0.4 is 17.0 Å². The molecule has 2 rings (SSSR count). The van der Waals surface area contributed by atoms with Crippen LogP contribution in [0.5, 0.6) is 0 Å². The third kappa shape index (κ3) is 3.12. The van der Waals surface area contributed by atoms with Crippen LogP contribution in [0.15, 0.2) is 24.3 Å². The van der Waals surface area contributed by atoms with Crippen LogP contribution in [-0.4, -0.2) is 41.8 Å². The molecule has 0 radical (unpaired) electrons. The van der Waals surface area contributed by atoms with Crippen LogP contribution in [0.2, 0.25) is 0 Å². The quantitative estimate of drug-likeness (QED) is 0.770. The summed E-state index contributed by atoms with van der Waals surface area (Å²) in [6.07, 6.45) is 0. The highest BCUT2D eigenvalue weighted by atomic mass is 79.9. The van der Waals surface area contributed by atoms with E-state index in [4.69, 9.17) is 5.41 Å². The van der Waals surface area contributed by atoms with Crippen molar-refractivity contribution in [3.63, 3.8) is 0 Å². The summed E-state index contributed by atoms with van der Waals surface area (Å²) < 4.78 is 0. The van der Waals surface area contributed by atoms with Crippen LogP contribution in [0.1, 0.15) is 25.0 Å². The van der Waals surface area contributed by atoms with Gasteiger partial charge in [-0.2, -0.15) is 0 Å². The number of likely N-dealkylation sites (N-methyl/N-ethyl adjacent to an activating group) is 1. The lowest BCUT2D eigenvalue weighted by Crippen LogP contribution is -3.00. The van der Waals surface area contributed by atoms with Crippen molar-refractivity contribution in [2.24, 2.45) is 0 Å². The van der Waals surface area contributed by atoms with Crippen molar-refractivity contribution in [1.29, 1.82) is 5.41 Å². The molecule has 0 saturated heterocycles. The van der Waals surface area contributed by atoms with Crippen LogP contribution in [0.25, 0.3) is 0 Å². The molecule has 0 aromatic heterocycles. The molecule has 1 N–H and O–H groups in total. The molecule has 1 aliphatic rings. The van der Waals surface area contributed by atoms with Crippen molar-refractivity contribution in [1.82, 2.24) is 9.80 Å². The minimum Gasteiger partial charge on any atom is -1.00 e. The average Bonchev–Trinajstić information content (AvgIpc) is 2.68. The molecule has 0 aliphatic carbocycles. The number of hydrogen-bond donors (Lipinski definition) is 1. The molecule has 0 fully saturated rings. The van der Waals surface area contributed by atoms with Gasteiger partial charge in [-0.15, -0.1) is 0 Å². The molecule has 1 aliphatic heterocycles. The van der Waals surface area contributed by atoms with Crippen LogP contribution in [-0.2, 0) is 6.54 Å². The molecule has 0 amide bonds. The zero-order valence-electron chi connectivity index (χ0n) is 11.1. The molecule has 1 heterocycles. The largest absolute Gasteiger partial charge is 1.00 e. The molecule has 100 valence electrons. The summed E-state index contributed by atoms with van der Waals surface area (Å²) in [4.78, 5) is 4.57. The fourth-order valence-electron chi connectivity index (χ4n) is 2.34. The molecule has 0 atom stereocenters. The Balaban J connectivity index is 0.00000162. The lowest BCUT2D eigenvalue weighted by molar-refractivity contribution is -0.00000387. The van der Waals surface area contributed by atoms with Crippen molar-refractivity contribution >= 4 is 5.84 Å². The maximum Gasteiger partial charge on any atom is 0.128 e. The second kappa shape index (κ2) is 6.90. The molecule has 0 spiro atoms. The Morgan fingerprint density at radius 2 is 1.89 bits per heavy atom. The minimum atomic E-state index is 0. The Bertz CT molecular complexity index is 402. The zero-order valence-corrected chi connectivity index (χ0v) is 12.7. The van der Waals surface area contributed by atoms with Crippen molar-refractivity contribution in [3.05, 3.63) is 35.4 Å². The van der Waals surface area contributed by atoms with Crippen molar-refractivity contribution in [3.8, 4) is 0 Å². The first kappa shape index (κ1) is 15.2. The van der Waals surface area contributed by atoms with Gasteiger partial charge >= 0.3 is 0 Å². The van der Waals surface area contributed by atoms with Gasteiger partial charge in [0.25, 0.3) is 0 Å². The number of halogens is 1. The predicted molar refractivity (Wildman–Crippen MR) is 71.5 cm³/mol. The Labute approximate surface area is 120 Å².